The Labute approximate surface area is 130 Å². The van der Waals surface area contributed by atoms with Crippen molar-refractivity contribution in [2.75, 3.05) is 26.4 Å². The lowest BCUT2D eigenvalue weighted by molar-refractivity contribution is -0.187. The molecule has 0 radical (unpaired) electrons. The number of carbonyl (C=O) groups is 2. The van der Waals surface area contributed by atoms with Crippen LogP contribution in [0.1, 0.15) is 29.1 Å². The molecule has 2 aliphatic rings. The third-order valence-corrected chi connectivity index (χ3v) is 4.66. The molecule has 2 saturated heterocycles. The van der Waals surface area contributed by atoms with E-state index in [2.05, 4.69) is 10.6 Å². The van der Waals surface area contributed by atoms with Crippen molar-refractivity contribution in [1.29, 1.82) is 0 Å². The van der Waals surface area contributed by atoms with Gasteiger partial charge in [-0.3, -0.25) is 10.6 Å². The predicted molar refractivity (Wildman–Crippen MR) is 78.1 cm³/mol. The molecule has 4 N–H and O–H groups in total. The number of carbonyl (C=O) groups excluding carboxylic acids is 2. The van der Waals surface area contributed by atoms with Crippen LogP contribution in [0.3, 0.4) is 0 Å². The van der Waals surface area contributed by atoms with Gasteiger partial charge in [-0.2, -0.15) is 0 Å². The Morgan fingerprint density at radius 2 is 1.23 bits per heavy atom. The van der Waals surface area contributed by atoms with Crippen LogP contribution in [0.5, 0.6) is 0 Å². The second-order valence-electron chi connectivity index (χ2n) is 7.09. The van der Waals surface area contributed by atoms with Crippen molar-refractivity contribution in [3.05, 3.63) is 0 Å². The minimum absolute atomic E-state index is 0. The van der Waals surface area contributed by atoms with Crippen molar-refractivity contribution in [2.24, 2.45) is 0 Å². The van der Waals surface area contributed by atoms with Gasteiger partial charge < -0.3 is 19.7 Å². The summed E-state index contributed by atoms with van der Waals surface area (Å²) < 4.78 is 10.4. The smallest absolute Gasteiger partial charge is 0.328 e. The maximum Gasteiger partial charge on any atom is 0.328 e. The predicted octanol–water partition coefficient (Wildman–Crippen LogP) is -1.46. The van der Waals surface area contributed by atoms with Crippen LogP contribution in [0.25, 0.3) is 0 Å². The quantitative estimate of drug-likeness (QED) is 0.467. The highest BCUT2D eigenvalue weighted by Gasteiger charge is 2.64. The van der Waals surface area contributed by atoms with Gasteiger partial charge in [0.1, 0.15) is 24.3 Å². The van der Waals surface area contributed by atoms with Crippen molar-refractivity contribution in [3.8, 4) is 0 Å². The molecule has 2 heterocycles. The molecule has 0 aromatic heterocycles. The third-order valence-electron chi connectivity index (χ3n) is 4.66. The highest BCUT2D eigenvalue weighted by molar-refractivity contribution is 5.95. The Morgan fingerprint density at radius 3 is 1.50 bits per heavy atom. The maximum atomic E-state index is 12.4. The molecule has 4 atom stereocenters. The normalized spacial score (nSPS) is 46.1. The number of morpholine rings is 2. The summed E-state index contributed by atoms with van der Waals surface area (Å²) in [5.74, 6) is -1.24. The van der Waals surface area contributed by atoms with E-state index in [0.717, 1.165) is 0 Å². The van der Waals surface area contributed by atoms with Crippen molar-refractivity contribution < 1.29 is 30.7 Å². The number of esters is 2. The fraction of sp³-hybridized carbons (Fsp3) is 0.857. The molecule has 2 aliphatic heterocycles. The van der Waals surface area contributed by atoms with Gasteiger partial charge in [0.2, 0.25) is 0 Å². The molecule has 0 saturated carbocycles. The molecule has 0 spiro atoms. The van der Waals surface area contributed by atoms with Crippen LogP contribution in [0, 0.1) is 0 Å². The minimum Gasteiger partial charge on any atom is -0.462 e. The van der Waals surface area contributed by atoms with Gasteiger partial charge in [0.25, 0.3) is 0 Å². The molecule has 0 aromatic rings. The van der Waals surface area contributed by atoms with Gasteiger partial charge in [0.05, 0.1) is 24.3 Å². The lowest BCUT2D eigenvalue weighted by Gasteiger charge is -2.54. The van der Waals surface area contributed by atoms with E-state index < -0.39 is 34.1 Å². The number of nitrogens with one attached hydrogen (secondary N) is 2. The van der Waals surface area contributed by atoms with Crippen molar-refractivity contribution in [2.45, 2.75) is 49.9 Å². The van der Waals surface area contributed by atoms with Crippen molar-refractivity contribution >= 4 is 11.9 Å². The van der Waals surface area contributed by atoms with Crippen LogP contribution < -0.4 is 10.6 Å². The number of hydrogen-bond acceptors (Lipinski definition) is 8. The van der Waals surface area contributed by atoms with Gasteiger partial charge in [-0.05, 0) is 27.7 Å². The molecule has 128 valence electrons. The van der Waals surface area contributed by atoms with E-state index in [1.807, 2.05) is 0 Å². The van der Waals surface area contributed by atoms with E-state index >= 15 is 0 Å². The lowest BCUT2D eigenvalue weighted by atomic mass is 9.73. The summed E-state index contributed by atoms with van der Waals surface area (Å²) >= 11 is 0. The van der Waals surface area contributed by atoms with Crippen LogP contribution in [-0.2, 0) is 19.1 Å². The molecule has 0 aliphatic carbocycles. The zero-order valence-corrected chi connectivity index (χ0v) is 13.4. The number of ether oxygens (including phenoxy) is 2. The summed E-state index contributed by atoms with van der Waals surface area (Å²) in [6, 6.07) is 0. The number of hydrogen-bond donors (Lipinski definition) is 4. The maximum absolute atomic E-state index is 12.4. The second kappa shape index (κ2) is 5.16. The first kappa shape index (κ1) is 17.1. The molecular formula is C14H26N2O6. The zero-order chi connectivity index (χ0) is 16.8. The molecule has 2 rings (SSSR count). The number of aliphatic hydroxyl groups excluding tert-OH is 2. The summed E-state index contributed by atoms with van der Waals surface area (Å²) in [6.45, 7) is 5.91. The summed E-state index contributed by atoms with van der Waals surface area (Å²) in [6.07, 6.45) is 0. The lowest BCUT2D eigenvalue weighted by Crippen LogP contribution is -2.84. The third kappa shape index (κ3) is 2.40. The van der Waals surface area contributed by atoms with E-state index in [4.69, 9.17) is 9.47 Å². The van der Waals surface area contributed by atoms with Crippen LogP contribution in [0.15, 0.2) is 0 Å². The SMILES string of the molecule is CC1(CO)COC(=O)C(C)(C2(C)NC(C)(CO)COC2=O)N1.[HH]. The van der Waals surface area contributed by atoms with Gasteiger partial charge in [-0.25, -0.2) is 9.59 Å². The summed E-state index contributed by atoms with van der Waals surface area (Å²) in [5, 5.41) is 25.1. The summed E-state index contributed by atoms with van der Waals surface area (Å²) in [5.41, 5.74) is -4.67. The average Bonchev–Trinajstić information content (AvgIpc) is 2.48. The molecular weight excluding hydrogens is 292 g/mol. The van der Waals surface area contributed by atoms with E-state index in [9.17, 15) is 19.8 Å². The Morgan fingerprint density at radius 1 is 0.909 bits per heavy atom. The van der Waals surface area contributed by atoms with Gasteiger partial charge in [-0.1, -0.05) is 0 Å². The van der Waals surface area contributed by atoms with E-state index in [1.165, 1.54) is 13.8 Å². The molecule has 8 nitrogen and oxygen atoms in total. The highest BCUT2D eigenvalue weighted by Crippen LogP contribution is 2.35. The number of aliphatic hydroxyl groups is 2. The largest absolute Gasteiger partial charge is 0.462 e. The second-order valence-corrected chi connectivity index (χ2v) is 7.09. The topological polar surface area (TPSA) is 117 Å². The number of cyclic esters (lactones) is 2. The van der Waals surface area contributed by atoms with Gasteiger partial charge in [0.15, 0.2) is 0 Å². The van der Waals surface area contributed by atoms with Crippen LogP contribution in [0.4, 0.5) is 0 Å². The zero-order valence-electron chi connectivity index (χ0n) is 13.4. The molecule has 0 amide bonds. The van der Waals surface area contributed by atoms with Gasteiger partial charge >= 0.3 is 11.9 Å². The van der Waals surface area contributed by atoms with Crippen LogP contribution >= 0.6 is 0 Å². The van der Waals surface area contributed by atoms with Gasteiger partial charge in [-0.15, -0.1) is 0 Å². The molecule has 22 heavy (non-hydrogen) atoms. The van der Waals surface area contributed by atoms with E-state index in [-0.39, 0.29) is 27.9 Å². The minimum atomic E-state index is -1.46. The molecule has 0 bridgehead atoms. The fourth-order valence-electron chi connectivity index (χ4n) is 2.95. The Bertz CT molecular complexity index is 462. The monoisotopic (exact) mass is 318 g/mol. The van der Waals surface area contributed by atoms with Crippen LogP contribution in [-0.4, -0.2) is 70.7 Å². The van der Waals surface area contributed by atoms with E-state index in [0.29, 0.717) is 0 Å². The first-order valence-electron chi connectivity index (χ1n) is 7.19. The highest BCUT2D eigenvalue weighted by atomic mass is 16.6. The Kier molecular flexibility index (Phi) is 4.02. The Hall–Kier alpha value is -1.22. The van der Waals surface area contributed by atoms with Gasteiger partial charge in [0, 0.05) is 1.43 Å². The Balaban J connectivity index is 0.00000264. The first-order valence-corrected chi connectivity index (χ1v) is 7.19. The number of rotatable bonds is 3. The van der Waals surface area contributed by atoms with Crippen molar-refractivity contribution in [3.63, 3.8) is 0 Å². The summed E-state index contributed by atoms with van der Waals surface area (Å²) in [4.78, 5) is 24.8. The molecule has 2 fully saturated rings. The first-order chi connectivity index (χ1) is 10.0. The standard InChI is InChI=1S/C14H24N2O6.H2/c1-11(5-17)7-21-9(19)13(3,15-11)14(4)10(20)22-8-12(2,6-18)16-14;/h15-18H,5-8H2,1-4H3;1H. The molecule has 0 aromatic carbocycles. The fourth-order valence-corrected chi connectivity index (χ4v) is 2.95. The molecule has 4 unspecified atom stereocenters. The summed E-state index contributed by atoms with van der Waals surface area (Å²) in [7, 11) is 0. The molecule has 8 heteroatoms. The van der Waals surface area contributed by atoms with E-state index in [1.54, 1.807) is 13.8 Å². The van der Waals surface area contributed by atoms with Crippen LogP contribution in [0.2, 0.25) is 0 Å². The average molecular weight is 318 g/mol. The van der Waals surface area contributed by atoms with Crippen molar-refractivity contribution in [1.82, 2.24) is 10.6 Å².